The predicted octanol–water partition coefficient (Wildman–Crippen LogP) is 1.87. The number of aliphatic hydroxyl groups excluding tert-OH is 1. The van der Waals surface area contributed by atoms with Crippen molar-refractivity contribution < 1.29 is 24.1 Å². The van der Waals surface area contributed by atoms with Gasteiger partial charge < -0.3 is 24.1 Å². The maximum Gasteiger partial charge on any atom is 0.0722 e. The Labute approximate surface area is 139 Å². The second-order valence-corrected chi connectivity index (χ2v) is 7.50. The zero-order chi connectivity index (χ0) is 16.1. The quantitative estimate of drug-likeness (QED) is 0.554. The Kier molecular flexibility index (Phi) is 6.32. The molecule has 23 heavy (non-hydrogen) atoms. The van der Waals surface area contributed by atoms with Gasteiger partial charge in [-0.05, 0) is 49.4 Å². The zero-order valence-electron chi connectivity index (χ0n) is 14.4. The first-order valence-corrected chi connectivity index (χ1v) is 9.23. The van der Waals surface area contributed by atoms with E-state index in [0.29, 0.717) is 46.2 Å². The minimum Gasteiger partial charge on any atom is -0.394 e. The van der Waals surface area contributed by atoms with Gasteiger partial charge in [-0.1, -0.05) is 6.92 Å². The SMILES string of the molecule is CC1CC2CC3(OCCOCCOCCOCCO)CC(C1)C23. The molecule has 0 radical (unpaired) electrons. The summed E-state index contributed by atoms with van der Waals surface area (Å²) >= 11 is 0. The highest BCUT2D eigenvalue weighted by Crippen LogP contribution is 2.68. The van der Waals surface area contributed by atoms with Gasteiger partial charge in [-0.2, -0.15) is 0 Å². The van der Waals surface area contributed by atoms with Gasteiger partial charge in [-0.15, -0.1) is 0 Å². The van der Waals surface area contributed by atoms with Gasteiger partial charge in [0.1, 0.15) is 0 Å². The average molecular weight is 328 g/mol. The van der Waals surface area contributed by atoms with E-state index >= 15 is 0 Å². The number of rotatable bonds is 12. The molecule has 3 rings (SSSR count). The van der Waals surface area contributed by atoms with Crippen LogP contribution in [-0.2, 0) is 18.9 Å². The van der Waals surface area contributed by atoms with E-state index < -0.39 is 0 Å². The fourth-order valence-electron chi connectivity index (χ4n) is 5.13. The minimum atomic E-state index is 0.0615. The summed E-state index contributed by atoms with van der Waals surface area (Å²) in [5.74, 6) is 3.68. The highest BCUT2D eigenvalue weighted by Gasteiger charge is 2.67. The van der Waals surface area contributed by atoms with Crippen LogP contribution in [0.25, 0.3) is 0 Å². The summed E-state index contributed by atoms with van der Waals surface area (Å²) in [4.78, 5) is 0. The molecule has 0 amide bonds. The summed E-state index contributed by atoms with van der Waals surface area (Å²) in [6.45, 7) is 6.47. The Morgan fingerprint density at radius 3 is 1.91 bits per heavy atom. The molecule has 134 valence electrons. The molecule has 2 unspecified atom stereocenters. The van der Waals surface area contributed by atoms with Gasteiger partial charge in [-0.25, -0.2) is 0 Å². The van der Waals surface area contributed by atoms with Crippen LogP contribution in [-0.4, -0.2) is 63.6 Å². The van der Waals surface area contributed by atoms with Gasteiger partial charge in [0, 0.05) is 0 Å². The second-order valence-electron chi connectivity index (χ2n) is 7.50. The van der Waals surface area contributed by atoms with Gasteiger partial charge in [0.2, 0.25) is 0 Å². The lowest BCUT2D eigenvalue weighted by Crippen LogP contribution is -2.70. The molecule has 3 fully saturated rings. The summed E-state index contributed by atoms with van der Waals surface area (Å²) in [6, 6.07) is 0. The first-order chi connectivity index (χ1) is 11.2. The summed E-state index contributed by atoms with van der Waals surface area (Å²) in [7, 11) is 0. The maximum atomic E-state index is 8.55. The third-order valence-corrected chi connectivity index (χ3v) is 5.85. The molecule has 0 heterocycles. The van der Waals surface area contributed by atoms with Gasteiger partial charge in [0.05, 0.1) is 58.5 Å². The van der Waals surface area contributed by atoms with Gasteiger partial charge >= 0.3 is 0 Å². The van der Waals surface area contributed by atoms with E-state index in [0.717, 1.165) is 23.7 Å². The first-order valence-electron chi connectivity index (χ1n) is 9.23. The van der Waals surface area contributed by atoms with Crippen LogP contribution >= 0.6 is 0 Å². The number of hydrogen-bond donors (Lipinski definition) is 1. The smallest absolute Gasteiger partial charge is 0.0722 e. The first kappa shape index (κ1) is 17.6. The molecule has 0 aromatic carbocycles. The molecule has 5 nitrogen and oxygen atoms in total. The predicted molar refractivity (Wildman–Crippen MR) is 86.3 cm³/mol. The van der Waals surface area contributed by atoms with Crippen molar-refractivity contribution in [3.05, 3.63) is 0 Å². The number of ether oxygens (including phenoxy) is 4. The molecule has 1 N–H and O–H groups in total. The van der Waals surface area contributed by atoms with E-state index in [1.54, 1.807) is 0 Å². The Hall–Kier alpha value is -0.200. The molecule has 0 aromatic heterocycles. The molecule has 2 atom stereocenters. The van der Waals surface area contributed by atoms with Crippen LogP contribution in [0.4, 0.5) is 0 Å². The van der Waals surface area contributed by atoms with Gasteiger partial charge in [-0.3, -0.25) is 0 Å². The van der Waals surface area contributed by atoms with Crippen molar-refractivity contribution in [2.24, 2.45) is 23.7 Å². The van der Waals surface area contributed by atoms with E-state index in [2.05, 4.69) is 6.92 Å². The molecule has 3 aliphatic carbocycles. The lowest BCUT2D eigenvalue weighted by molar-refractivity contribution is -0.293. The van der Waals surface area contributed by atoms with Crippen LogP contribution in [0.3, 0.4) is 0 Å². The number of hydrogen-bond acceptors (Lipinski definition) is 5. The Bertz CT molecular complexity index is 345. The summed E-state index contributed by atoms with van der Waals surface area (Å²) in [5.41, 5.74) is 0.235. The monoisotopic (exact) mass is 328 g/mol. The van der Waals surface area contributed by atoms with Crippen LogP contribution in [0.15, 0.2) is 0 Å². The van der Waals surface area contributed by atoms with E-state index in [-0.39, 0.29) is 12.2 Å². The van der Waals surface area contributed by atoms with Crippen LogP contribution < -0.4 is 0 Å². The van der Waals surface area contributed by atoms with Crippen molar-refractivity contribution >= 4 is 0 Å². The lowest BCUT2D eigenvalue weighted by atomic mass is 9.39. The molecule has 3 aliphatic rings. The highest BCUT2D eigenvalue weighted by molar-refractivity contribution is 5.17. The van der Waals surface area contributed by atoms with Gasteiger partial charge in [0.25, 0.3) is 0 Å². The third-order valence-electron chi connectivity index (χ3n) is 5.85. The second kappa shape index (κ2) is 8.26. The molecule has 5 heteroatoms. The van der Waals surface area contributed by atoms with Crippen molar-refractivity contribution in [3.8, 4) is 0 Å². The molecule has 3 saturated carbocycles. The Morgan fingerprint density at radius 1 is 0.826 bits per heavy atom. The van der Waals surface area contributed by atoms with Crippen molar-refractivity contribution in [3.63, 3.8) is 0 Å². The Balaban J connectivity index is 1.15. The standard InChI is InChI=1S/C18H32O5/c1-14-10-15-12-18(13-16(11-14)17(15)18)23-9-8-22-7-6-21-5-4-20-3-2-19/h14-17,19H,2-13H2,1H3. The largest absolute Gasteiger partial charge is 0.394 e. The van der Waals surface area contributed by atoms with Crippen molar-refractivity contribution in [1.82, 2.24) is 0 Å². The highest BCUT2D eigenvalue weighted by atomic mass is 16.6. The fourth-order valence-corrected chi connectivity index (χ4v) is 5.13. The van der Waals surface area contributed by atoms with Crippen LogP contribution in [0.1, 0.15) is 32.6 Å². The molecule has 0 aliphatic heterocycles. The molecule has 0 aromatic rings. The van der Waals surface area contributed by atoms with E-state index in [1.165, 1.54) is 25.7 Å². The normalized spacial score (nSPS) is 37.8. The topological polar surface area (TPSA) is 57.2 Å². The molecular weight excluding hydrogens is 296 g/mol. The van der Waals surface area contributed by atoms with Crippen LogP contribution in [0, 0.1) is 23.7 Å². The van der Waals surface area contributed by atoms with Crippen molar-refractivity contribution in [2.45, 2.75) is 38.2 Å². The minimum absolute atomic E-state index is 0.0615. The van der Waals surface area contributed by atoms with Gasteiger partial charge in [0.15, 0.2) is 0 Å². The van der Waals surface area contributed by atoms with E-state index in [1.807, 2.05) is 0 Å². The Morgan fingerprint density at radius 2 is 1.35 bits per heavy atom. The van der Waals surface area contributed by atoms with Crippen LogP contribution in [0.2, 0.25) is 0 Å². The van der Waals surface area contributed by atoms with E-state index in [4.69, 9.17) is 24.1 Å². The molecule has 0 bridgehead atoms. The molecule has 0 spiro atoms. The third kappa shape index (κ3) is 4.07. The number of aliphatic hydroxyl groups is 1. The van der Waals surface area contributed by atoms with Crippen molar-refractivity contribution in [2.75, 3.05) is 52.9 Å². The summed E-state index contributed by atoms with van der Waals surface area (Å²) in [5, 5.41) is 8.55. The molecule has 0 saturated heterocycles. The maximum absolute atomic E-state index is 8.55. The average Bonchev–Trinajstić information content (AvgIpc) is 2.49. The van der Waals surface area contributed by atoms with E-state index in [9.17, 15) is 0 Å². The summed E-state index contributed by atoms with van der Waals surface area (Å²) < 4.78 is 22.2. The lowest BCUT2D eigenvalue weighted by Gasteiger charge is -2.70. The zero-order valence-corrected chi connectivity index (χ0v) is 14.4. The molecular formula is C18H32O5. The fraction of sp³-hybridized carbons (Fsp3) is 1.00. The van der Waals surface area contributed by atoms with Crippen LogP contribution in [0.5, 0.6) is 0 Å². The summed E-state index contributed by atoms with van der Waals surface area (Å²) in [6.07, 6.45) is 5.41. The van der Waals surface area contributed by atoms with Crippen molar-refractivity contribution in [1.29, 1.82) is 0 Å².